The minimum Gasteiger partial charge on any atom is -0.346 e. The first-order chi connectivity index (χ1) is 10.1. The lowest BCUT2D eigenvalue weighted by molar-refractivity contribution is -0.133. The third kappa shape index (κ3) is 2.83. The fourth-order valence-corrected chi connectivity index (χ4v) is 3.24. The summed E-state index contributed by atoms with van der Waals surface area (Å²) in [4.78, 5) is 25.2. The van der Waals surface area contributed by atoms with Crippen LogP contribution >= 0.6 is 11.3 Å². The predicted octanol–water partition coefficient (Wildman–Crippen LogP) is 2.38. The van der Waals surface area contributed by atoms with Crippen LogP contribution in [-0.4, -0.2) is 35.8 Å². The van der Waals surface area contributed by atoms with E-state index in [9.17, 15) is 9.59 Å². The topological polar surface area (TPSA) is 49.4 Å². The zero-order valence-corrected chi connectivity index (χ0v) is 12.5. The monoisotopic (exact) mass is 300 g/mol. The first-order valence-electron chi connectivity index (χ1n) is 6.83. The van der Waals surface area contributed by atoms with E-state index in [1.165, 1.54) is 11.3 Å². The summed E-state index contributed by atoms with van der Waals surface area (Å²) < 4.78 is 0. The molecule has 21 heavy (non-hydrogen) atoms. The van der Waals surface area contributed by atoms with E-state index in [1.54, 1.807) is 11.8 Å². The molecule has 1 aromatic heterocycles. The average molecular weight is 300 g/mol. The van der Waals surface area contributed by atoms with Gasteiger partial charge in [0.25, 0.3) is 5.91 Å². The minimum absolute atomic E-state index is 0.0565. The Kier molecular flexibility index (Phi) is 3.75. The van der Waals surface area contributed by atoms with Crippen LogP contribution in [0.3, 0.4) is 0 Å². The van der Waals surface area contributed by atoms with Gasteiger partial charge in [-0.15, -0.1) is 0 Å². The van der Waals surface area contributed by atoms with Crippen molar-refractivity contribution in [1.82, 2.24) is 10.2 Å². The number of thiophene rings is 1. The molecule has 2 heterocycles. The first-order valence-corrected chi connectivity index (χ1v) is 7.77. The second-order valence-corrected chi connectivity index (χ2v) is 5.90. The number of nitrogens with one attached hydrogen (secondary N) is 1. The van der Waals surface area contributed by atoms with E-state index >= 15 is 0 Å². The molecule has 0 saturated carbocycles. The molecule has 0 radical (unpaired) electrons. The van der Waals surface area contributed by atoms with Crippen LogP contribution in [0.2, 0.25) is 0 Å². The van der Waals surface area contributed by atoms with Gasteiger partial charge in [0.1, 0.15) is 0 Å². The van der Waals surface area contributed by atoms with Gasteiger partial charge >= 0.3 is 0 Å². The van der Waals surface area contributed by atoms with E-state index in [1.807, 2.05) is 41.1 Å². The van der Waals surface area contributed by atoms with Gasteiger partial charge in [-0.2, -0.15) is 11.3 Å². The summed E-state index contributed by atoms with van der Waals surface area (Å²) in [5, 5.41) is 6.85. The average Bonchev–Trinajstić information content (AvgIpc) is 2.92. The van der Waals surface area contributed by atoms with Gasteiger partial charge in [0.2, 0.25) is 5.91 Å². The van der Waals surface area contributed by atoms with Gasteiger partial charge in [-0.3, -0.25) is 9.59 Å². The van der Waals surface area contributed by atoms with Gasteiger partial charge in [0.05, 0.1) is 11.6 Å². The Hall–Kier alpha value is -2.14. The molecule has 1 fully saturated rings. The third-order valence-electron chi connectivity index (χ3n) is 3.65. The van der Waals surface area contributed by atoms with Crippen molar-refractivity contribution in [2.75, 3.05) is 13.1 Å². The van der Waals surface area contributed by atoms with Gasteiger partial charge in [0, 0.05) is 31.0 Å². The maximum atomic E-state index is 12.4. The van der Waals surface area contributed by atoms with Crippen molar-refractivity contribution in [3.05, 3.63) is 46.7 Å². The Bertz CT molecular complexity index is 660. The Labute approximate surface area is 127 Å². The van der Waals surface area contributed by atoms with E-state index in [0.29, 0.717) is 18.7 Å². The Morgan fingerprint density at radius 3 is 2.57 bits per heavy atom. The van der Waals surface area contributed by atoms with Crippen molar-refractivity contribution in [3.63, 3.8) is 0 Å². The highest BCUT2D eigenvalue weighted by molar-refractivity contribution is 7.08. The standard InChI is InChI=1S/C16H16N2O2S/c1-11(19)18-7-13(8-18)17-16(20)15-10-21-9-14(15)12-5-3-2-4-6-12/h2-6,9-10,13H,7-8H2,1H3,(H,17,20). The molecular weight excluding hydrogens is 284 g/mol. The Morgan fingerprint density at radius 2 is 1.90 bits per heavy atom. The molecule has 0 spiro atoms. The van der Waals surface area contributed by atoms with E-state index in [0.717, 1.165) is 11.1 Å². The number of hydrogen-bond acceptors (Lipinski definition) is 3. The highest BCUT2D eigenvalue weighted by Gasteiger charge is 2.30. The number of carbonyl (C=O) groups excluding carboxylic acids is 2. The lowest BCUT2D eigenvalue weighted by Crippen LogP contribution is -2.60. The van der Waals surface area contributed by atoms with Crippen LogP contribution < -0.4 is 5.32 Å². The number of carbonyl (C=O) groups is 2. The molecule has 1 aliphatic rings. The molecule has 3 rings (SSSR count). The van der Waals surface area contributed by atoms with Crippen molar-refractivity contribution >= 4 is 23.2 Å². The molecule has 1 aromatic carbocycles. The Morgan fingerprint density at radius 1 is 1.19 bits per heavy atom. The summed E-state index contributed by atoms with van der Waals surface area (Å²) in [6.07, 6.45) is 0. The zero-order chi connectivity index (χ0) is 14.8. The zero-order valence-electron chi connectivity index (χ0n) is 11.7. The first kappa shape index (κ1) is 13.8. The van der Waals surface area contributed by atoms with Crippen molar-refractivity contribution < 1.29 is 9.59 Å². The van der Waals surface area contributed by atoms with E-state index in [-0.39, 0.29) is 17.9 Å². The molecule has 1 saturated heterocycles. The Balaban J connectivity index is 1.70. The van der Waals surface area contributed by atoms with Gasteiger partial charge < -0.3 is 10.2 Å². The summed E-state index contributed by atoms with van der Waals surface area (Å²) in [5.41, 5.74) is 2.70. The van der Waals surface area contributed by atoms with E-state index < -0.39 is 0 Å². The summed E-state index contributed by atoms with van der Waals surface area (Å²) in [7, 11) is 0. The van der Waals surface area contributed by atoms with Crippen molar-refractivity contribution in [2.45, 2.75) is 13.0 Å². The molecule has 1 N–H and O–H groups in total. The highest BCUT2D eigenvalue weighted by atomic mass is 32.1. The van der Waals surface area contributed by atoms with E-state index in [4.69, 9.17) is 0 Å². The molecule has 5 heteroatoms. The minimum atomic E-state index is -0.0664. The van der Waals surface area contributed by atoms with Crippen molar-refractivity contribution in [1.29, 1.82) is 0 Å². The van der Waals surface area contributed by atoms with Crippen LogP contribution in [0.5, 0.6) is 0 Å². The fourth-order valence-electron chi connectivity index (χ4n) is 2.40. The van der Waals surface area contributed by atoms with Gasteiger partial charge in [-0.05, 0) is 10.9 Å². The molecule has 0 aliphatic carbocycles. The maximum Gasteiger partial charge on any atom is 0.253 e. The summed E-state index contributed by atoms with van der Waals surface area (Å²) in [6.45, 7) is 2.75. The number of likely N-dealkylation sites (tertiary alicyclic amines) is 1. The van der Waals surface area contributed by atoms with Crippen molar-refractivity contribution in [3.8, 4) is 11.1 Å². The molecule has 1 aliphatic heterocycles. The number of nitrogens with zero attached hydrogens (tertiary/aromatic N) is 1. The van der Waals surface area contributed by atoms with Crippen LogP contribution in [-0.2, 0) is 4.79 Å². The number of benzene rings is 1. The number of rotatable bonds is 3. The fraction of sp³-hybridized carbons (Fsp3) is 0.250. The van der Waals surface area contributed by atoms with Crippen LogP contribution in [0, 0.1) is 0 Å². The molecule has 0 atom stereocenters. The summed E-state index contributed by atoms with van der Waals surface area (Å²) in [6, 6.07) is 9.95. The summed E-state index contributed by atoms with van der Waals surface area (Å²) in [5.74, 6) is -0.00990. The van der Waals surface area contributed by atoms with Crippen molar-refractivity contribution in [2.24, 2.45) is 0 Å². The van der Waals surface area contributed by atoms with Crippen LogP contribution in [0.4, 0.5) is 0 Å². The van der Waals surface area contributed by atoms with Gasteiger partial charge in [-0.1, -0.05) is 30.3 Å². The van der Waals surface area contributed by atoms with Gasteiger partial charge in [-0.25, -0.2) is 0 Å². The smallest absolute Gasteiger partial charge is 0.253 e. The third-order valence-corrected chi connectivity index (χ3v) is 4.40. The van der Waals surface area contributed by atoms with Crippen LogP contribution in [0.15, 0.2) is 41.1 Å². The normalized spacial score (nSPS) is 14.6. The lowest BCUT2D eigenvalue weighted by Gasteiger charge is -2.38. The highest BCUT2D eigenvalue weighted by Crippen LogP contribution is 2.27. The molecule has 4 nitrogen and oxygen atoms in total. The van der Waals surface area contributed by atoms with Crippen LogP contribution in [0.1, 0.15) is 17.3 Å². The maximum absolute atomic E-state index is 12.4. The molecule has 2 amide bonds. The SMILES string of the molecule is CC(=O)N1CC(NC(=O)c2cscc2-c2ccccc2)C1. The van der Waals surface area contributed by atoms with E-state index in [2.05, 4.69) is 5.32 Å². The number of hydrogen-bond donors (Lipinski definition) is 1. The molecule has 0 bridgehead atoms. The lowest BCUT2D eigenvalue weighted by atomic mass is 10.0. The molecule has 2 aromatic rings. The molecular formula is C16H16N2O2S. The largest absolute Gasteiger partial charge is 0.346 e. The molecule has 0 unspecified atom stereocenters. The molecule has 108 valence electrons. The second-order valence-electron chi connectivity index (χ2n) is 5.16. The van der Waals surface area contributed by atoms with Gasteiger partial charge in [0.15, 0.2) is 0 Å². The summed E-state index contributed by atoms with van der Waals surface area (Å²) >= 11 is 1.52. The predicted molar refractivity (Wildman–Crippen MR) is 83.3 cm³/mol. The number of amides is 2. The quantitative estimate of drug-likeness (QED) is 0.946. The van der Waals surface area contributed by atoms with Crippen LogP contribution in [0.25, 0.3) is 11.1 Å². The second kappa shape index (κ2) is 5.69.